The van der Waals surface area contributed by atoms with E-state index in [1.807, 2.05) is 26.0 Å². The molecule has 0 amide bonds. The Morgan fingerprint density at radius 2 is 1.89 bits per heavy atom. The number of halogens is 1. The highest BCUT2D eigenvalue weighted by molar-refractivity contribution is 5.32. The molecule has 0 aromatic heterocycles. The van der Waals surface area contributed by atoms with Gasteiger partial charge in [0, 0.05) is 6.04 Å². The maximum atomic E-state index is 14.1. The van der Waals surface area contributed by atoms with Crippen LogP contribution in [0.2, 0.25) is 0 Å². The zero-order chi connectivity index (χ0) is 14.6. The topological polar surface area (TPSA) is 26.0 Å². The summed E-state index contributed by atoms with van der Waals surface area (Å²) in [5, 5.41) is 0. The van der Waals surface area contributed by atoms with Crippen LogP contribution in [0, 0.1) is 18.2 Å². The van der Waals surface area contributed by atoms with Crippen molar-refractivity contribution in [3.05, 3.63) is 34.6 Å². The van der Waals surface area contributed by atoms with Crippen molar-refractivity contribution in [3.8, 4) is 0 Å². The van der Waals surface area contributed by atoms with E-state index in [9.17, 15) is 4.39 Å². The Morgan fingerprint density at radius 1 is 1.26 bits per heavy atom. The summed E-state index contributed by atoms with van der Waals surface area (Å²) in [6, 6.07) is 4.26. The summed E-state index contributed by atoms with van der Waals surface area (Å²) in [4.78, 5) is 0. The predicted molar refractivity (Wildman–Crippen MR) is 80.9 cm³/mol. The molecule has 0 aliphatic carbocycles. The molecule has 2 heteroatoms. The molecule has 1 nitrogen and oxygen atoms in total. The van der Waals surface area contributed by atoms with Crippen molar-refractivity contribution in [3.63, 3.8) is 0 Å². The Balaban J connectivity index is 2.84. The zero-order valence-corrected chi connectivity index (χ0v) is 13.0. The predicted octanol–water partition coefficient (Wildman–Crippen LogP) is 4.39. The van der Waals surface area contributed by atoms with Crippen molar-refractivity contribution in [1.82, 2.24) is 0 Å². The van der Waals surface area contributed by atoms with E-state index < -0.39 is 0 Å². The number of hydrogen-bond acceptors (Lipinski definition) is 1. The van der Waals surface area contributed by atoms with Crippen LogP contribution in [0.1, 0.15) is 57.2 Å². The van der Waals surface area contributed by atoms with Crippen LogP contribution < -0.4 is 5.73 Å². The van der Waals surface area contributed by atoms with Gasteiger partial charge in [0.2, 0.25) is 0 Å². The molecule has 0 unspecified atom stereocenters. The van der Waals surface area contributed by atoms with Crippen LogP contribution in [0.5, 0.6) is 0 Å². The standard InChI is InChI=1S/C17H28FN/c1-12-9-14(8-6-7-13(2)19)10-15(16(12)18)11-17(3,4)5/h9-10,13H,6-8,11,19H2,1-5H3/t13-/m0/s1. The van der Waals surface area contributed by atoms with E-state index in [1.165, 1.54) is 5.56 Å². The van der Waals surface area contributed by atoms with E-state index in [0.29, 0.717) is 0 Å². The molecule has 1 atom stereocenters. The van der Waals surface area contributed by atoms with Crippen molar-refractivity contribution >= 4 is 0 Å². The van der Waals surface area contributed by atoms with Crippen LogP contribution >= 0.6 is 0 Å². The highest BCUT2D eigenvalue weighted by Crippen LogP contribution is 2.25. The van der Waals surface area contributed by atoms with E-state index in [-0.39, 0.29) is 17.3 Å². The Hall–Kier alpha value is -0.890. The molecule has 108 valence electrons. The molecule has 0 saturated heterocycles. The normalized spacial score (nSPS) is 13.6. The first-order valence-corrected chi connectivity index (χ1v) is 7.22. The van der Waals surface area contributed by atoms with E-state index in [0.717, 1.165) is 36.8 Å². The third-order valence-electron chi connectivity index (χ3n) is 3.24. The van der Waals surface area contributed by atoms with Gasteiger partial charge in [-0.3, -0.25) is 0 Å². The first-order chi connectivity index (χ1) is 8.69. The lowest BCUT2D eigenvalue weighted by atomic mass is 9.86. The van der Waals surface area contributed by atoms with Gasteiger partial charge in [0.25, 0.3) is 0 Å². The summed E-state index contributed by atoms with van der Waals surface area (Å²) in [6.07, 6.45) is 3.85. The third kappa shape index (κ3) is 5.73. The molecular weight excluding hydrogens is 237 g/mol. The van der Waals surface area contributed by atoms with Gasteiger partial charge in [-0.1, -0.05) is 32.9 Å². The van der Waals surface area contributed by atoms with Gasteiger partial charge in [-0.25, -0.2) is 4.39 Å². The molecule has 1 rings (SSSR count). The molecule has 2 N–H and O–H groups in total. The molecular formula is C17H28FN. The van der Waals surface area contributed by atoms with Crippen LogP contribution in [-0.2, 0) is 12.8 Å². The molecule has 0 aliphatic heterocycles. The minimum atomic E-state index is -0.0362. The molecule has 1 aromatic rings. The average Bonchev–Trinajstić information content (AvgIpc) is 2.22. The molecule has 0 aliphatic rings. The summed E-state index contributed by atoms with van der Waals surface area (Å²) in [5.74, 6) is -0.0362. The zero-order valence-electron chi connectivity index (χ0n) is 13.0. The fraction of sp³-hybridized carbons (Fsp3) is 0.647. The lowest BCUT2D eigenvalue weighted by Crippen LogP contribution is -2.14. The fourth-order valence-electron chi connectivity index (χ4n) is 2.40. The second kappa shape index (κ2) is 6.51. The van der Waals surface area contributed by atoms with Gasteiger partial charge in [-0.15, -0.1) is 0 Å². The Labute approximate surface area is 117 Å². The summed E-state index contributed by atoms with van der Waals surface area (Å²) < 4.78 is 14.1. The molecule has 0 spiro atoms. The van der Waals surface area contributed by atoms with E-state index in [4.69, 9.17) is 5.73 Å². The molecule has 19 heavy (non-hydrogen) atoms. The van der Waals surface area contributed by atoms with Crippen molar-refractivity contribution in [2.24, 2.45) is 11.1 Å². The van der Waals surface area contributed by atoms with Crippen LogP contribution in [0.4, 0.5) is 4.39 Å². The number of rotatable bonds is 5. The lowest BCUT2D eigenvalue weighted by Gasteiger charge is -2.20. The first kappa shape index (κ1) is 16.2. The number of hydrogen-bond donors (Lipinski definition) is 1. The van der Waals surface area contributed by atoms with Crippen LogP contribution in [0.15, 0.2) is 12.1 Å². The minimum absolute atomic E-state index is 0.0362. The minimum Gasteiger partial charge on any atom is -0.328 e. The third-order valence-corrected chi connectivity index (χ3v) is 3.24. The van der Waals surface area contributed by atoms with Crippen molar-refractivity contribution in [2.75, 3.05) is 0 Å². The average molecular weight is 265 g/mol. The van der Waals surface area contributed by atoms with E-state index in [1.54, 1.807) is 0 Å². The molecule has 0 radical (unpaired) electrons. The fourth-order valence-corrected chi connectivity index (χ4v) is 2.40. The molecule has 1 aromatic carbocycles. The van der Waals surface area contributed by atoms with Crippen molar-refractivity contribution in [2.45, 2.75) is 66.3 Å². The van der Waals surface area contributed by atoms with Gasteiger partial charge in [0.15, 0.2) is 0 Å². The Morgan fingerprint density at radius 3 is 2.42 bits per heavy atom. The van der Waals surface area contributed by atoms with Gasteiger partial charge in [-0.05, 0) is 61.6 Å². The van der Waals surface area contributed by atoms with E-state index in [2.05, 4.69) is 20.8 Å². The molecule has 0 heterocycles. The first-order valence-electron chi connectivity index (χ1n) is 7.22. The quantitative estimate of drug-likeness (QED) is 0.839. The highest BCUT2D eigenvalue weighted by atomic mass is 19.1. The van der Waals surface area contributed by atoms with Crippen LogP contribution in [0.25, 0.3) is 0 Å². The molecule has 0 bridgehead atoms. The monoisotopic (exact) mass is 265 g/mol. The molecule has 0 fully saturated rings. The second-order valence-electron chi connectivity index (χ2n) is 6.99. The molecule has 0 saturated carbocycles. The Kier molecular flexibility index (Phi) is 5.54. The highest BCUT2D eigenvalue weighted by Gasteiger charge is 2.16. The summed E-state index contributed by atoms with van der Waals surface area (Å²) >= 11 is 0. The van der Waals surface area contributed by atoms with Crippen molar-refractivity contribution < 1.29 is 4.39 Å². The summed E-state index contributed by atoms with van der Waals surface area (Å²) in [7, 11) is 0. The maximum absolute atomic E-state index is 14.1. The van der Waals surface area contributed by atoms with Gasteiger partial charge < -0.3 is 5.73 Å². The number of benzene rings is 1. The largest absolute Gasteiger partial charge is 0.328 e. The smallest absolute Gasteiger partial charge is 0.129 e. The van der Waals surface area contributed by atoms with Gasteiger partial charge >= 0.3 is 0 Å². The van der Waals surface area contributed by atoms with Crippen molar-refractivity contribution in [1.29, 1.82) is 0 Å². The van der Waals surface area contributed by atoms with Crippen LogP contribution in [-0.4, -0.2) is 6.04 Å². The van der Waals surface area contributed by atoms with Gasteiger partial charge in [0.1, 0.15) is 5.82 Å². The lowest BCUT2D eigenvalue weighted by molar-refractivity contribution is 0.401. The van der Waals surface area contributed by atoms with Gasteiger partial charge in [-0.2, -0.15) is 0 Å². The number of nitrogens with two attached hydrogens (primary N) is 1. The SMILES string of the molecule is Cc1cc(CCC[C@H](C)N)cc(CC(C)(C)C)c1F. The van der Waals surface area contributed by atoms with Gasteiger partial charge in [0.05, 0.1) is 0 Å². The number of aryl methyl sites for hydroxylation is 2. The van der Waals surface area contributed by atoms with E-state index >= 15 is 0 Å². The maximum Gasteiger partial charge on any atom is 0.129 e. The van der Waals surface area contributed by atoms with Crippen LogP contribution in [0.3, 0.4) is 0 Å². The Bertz CT molecular complexity index is 416. The summed E-state index contributed by atoms with van der Waals surface area (Å²) in [5.41, 5.74) is 8.72. The second-order valence-corrected chi connectivity index (χ2v) is 6.99. The summed E-state index contributed by atoms with van der Waals surface area (Å²) in [6.45, 7) is 10.3.